The van der Waals surface area contributed by atoms with Crippen molar-refractivity contribution in [1.82, 2.24) is 9.97 Å². The van der Waals surface area contributed by atoms with Gasteiger partial charge in [-0.15, -0.1) is 11.8 Å². The molecule has 1 aromatic carbocycles. The molecule has 0 bridgehead atoms. The van der Waals surface area contributed by atoms with E-state index in [-0.39, 0.29) is 11.8 Å². The number of fused-ring (bicyclic) bond motifs is 1. The van der Waals surface area contributed by atoms with Gasteiger partial charge in [0.2, 0.25) is 11.9 Å². The van der Waals surface area contributed by atoms with Crippen LogP contribution in [-0.2, 0) is 4.79 Å². The molecular formula is C15H16N4OS. The molecule has 6 heteroatoms. The molecule has 108 valence electrons. The Bertz CT molecular complexity index is 674. The fourth-order valence-corrected chi connectivity index (χ4v) is 3.46. The highest BCUT2D eigenvalue weighted by molar-refractivity contribution is 7.99. The molecule has 1 aliphatic heterocycles. The smallest absolute Gasteiger partial charge is 0.233 e. The molecule has 1 aromatic heterocycles. The van der Waals surface area contributed by atoms with Crippen molar-refractivity contribution in [2.75, 3.05) is 30.1 Å². The van der Waals surface area contributed by atoms with Crippen molar-refractivity contribution in [3.8, 4) is 0 Å². The molecule has 0 spiro atoms. The molecule has 0 radical (unpaired) electrons. The molecule has 0 saturated heterocycles. The van der Waals surface area contributed by atoms with Crippen LogP contribution in [0, 0.1) is 0 Å². The number of anilines is 2. The van der Waals surface area contributed by atoms with Crippen LogP contribution in [0.5, 0.6) is 0 Å². The Balaban J connectivity index is 1.77. The van der Waals surface area contributed by atoms with E-state index < -0.39 is 0 Å². The Labute approximate surface area is 127 Å². The summed E-state index contributed by atoms with van der Waals surface area (Å²) in [6.07, 6.45) is 1.65. The zero-order valence-corrected chi connectivity index (χ0v) is 12.7. The largest absolute Gasteiger partial charge is 0.347 e. The van der Waals surface area contributed by atoms with Crippen LogP contribution < -0.4 is 10.2 Å². The zero-order valence-electron chi connectivity index (χ0n) is 11.9. The summed E-state index contributed by atoms with van der Waals surface area (Å²) >= 11 is 1.72. The predicted molar refractivity (Wildman–Crippen MR) is 84.9 cm³/mol. The van der Waals surface area contributed by atoms with Crippen molar-refractivity contribution in [1.29, 1.82) is 0 Å². The van der Waals surface area contributed by atoms with Crippen LogP contribution in [0.3, 0.4) is 0 Å². The number of aromatic nitrogens is 2. The topological polar surface area (TPSA) is 58.1 Å². The number of hydrogen-bond donors (Lipinski definition) is 1. The van der Waals surface area contributed by atoms with E-state index in [1.165, 1.54) is 4.90 Å². The summed E-state index contributed by atoms with van der Waals surface area (Å²) in [7, 11) is 3.73. The first-order valence-electron chi connectivity index (χ1n) is 6.68. The van der Waals surface area contributed by atoms with Gasteiger partial charge in [0, 0.05) is 30.9 Å². The van der Waals surface area contributed by atoms with Gasteiger partial charge in [0.05, 0.1) is 5.92 Å². The van der Waals surface area contributed by atoms with Gasteiger partial charge in [0.25, 0.3) is 0 Å². The Kier molecular flexibility index (Phi) is 3.79. The molecule has 3 rings (SSSR count). The van der Waals surface area contributed by atoms with Gasteiger partial charge in [0.1, 0.15) is 5.82 Å². The molecule has 0 saturated carbocycles. The van der Waals surface area contributed by atoms with Crippen LogP contribution in [0.15, 0.2) is 41.4 Å². The lowest BCUT2D eigenvalue weighted by molar-refractivity contribution is -0.117. The molecule has 2 aromatic rings. The number of nitrogens with one attached hydrogen (secondary N) is 1. The summed E-state index contributed by atoms with van der Waals surface area (Å²) in [5.41, 5.74) is 1.10. The molecule has 1 aliphatic rings. The SMILES string of the molecule is CN(C)c1nccc(NC(=O)[C@@H]2CSc3ccccc32)n1. The van der Waals surface area contributed by atoms with Gasteiger partial charge in [-0.25, -0.2) is 4.98 Å². The Morgan fingerprint density at radius 1 is 1.33 bits per heavy atom. The quantitative estimate of drug-likeness (QED) is 0.943. The second-order valence-corrected chi connectivity index (χ2v) is 6.09. The molecule has 0 unspecified atom stereocenters. The molecular weight excluding hydrogens is 284 g/mol. The highest BCUT2D eigenvalue weighted by atomic mass is 32.2. The summed E-state index contributed by atoms with van der Waals surface area (Å²) in [5, 5.41) is 2.89. The first-order valence-corrected chi connectivity index (χ1v) is 7.66. The number of thioether (sulfide) groups is 1. The summed E-state index contributed by atoms with van der Waals surface area (Å²) in [6, 6.07) is 9.76. The summed E-state index contributed by atoms with van der Waals surface area (Å²) in [4.78, 5) is 23.9. The summed E-state index contributed by atoms with van der Waals surface area (Å²) in [5.74, 6) is 1.75. The van der Waals surface area contributed by atoms with Crippen molar-refractivity contribution >= 4 is 29.4 Å². The molecule has 0 aliphatic carbocycles. The highest BCUT2D eigenvalue weighted by Gasteiger charge is 2.29. The minimum absolute atomic E-state index is 0.0177. The lowest BCUT2D eigenvalue weighted by Crippen LogP contribution is -2.22. The van der Waals surface area contributed by atoms with Gasteiger partial charge in [-0.05, 0) is 17.7 Å². The maximum atomic E-state index is 12.5. The number of hydrogen-bond acceptors (Lipinski definition) is 5. The fourth-order valence-electron chi connectivity index (χ4n) is 2.23. The standard InChI is InChI=1S/C15H16N4OS/c1-19(2)15-16-8-7-13(18-15)17-14(20)11-9-21-12-6-4-3-5-10(11)12/h3-8,11H,9H2,1-2H3,(H,16,17,18,20)/t11-/m1/s1. The van der Waals surface area contributed by atoms with Crippen molar-refractivity contribution in [3.05, 3.63) is 42.1 Å². The fraction of sp³-hybridized carbons (Fsp3) is 0.267. The maximum absolute atomic E-state index is 12.5. The number of benzene rings is 1. The molecule has 21 heavy (non-hydrogen) atoms. The number of carbonyl (C=O) groups is 1. The van der Waals surface area contributed by atoms with Crippen LogP contribution >= 0.6 is 11.8 Å². The predicted octanol–water partition coefficient (Wildman–Crippen LogP) is 2.37. The highest BCUT2D eigenvalue weighted by Crippen LogP contribution is 2.39. The van der Waals surface area contributed by atoms with Crippen molar-refractivity contribution in [3.63, 3.8) is 0 Å². The van der Waals surface area contributed by atoms with Gasteiger partial charge in [0.15, 0.2) is 0 Å². The third-order valence-electron chi connectivity index (χ3n) is 3.31. The van der Waals surface area contributed by atoms with Crippen LogP contribution in [0.4, 0.5) is 11.8 Å². The second kappa shape index (κ2) is 5.73. The van der Waals surface area contributed by atoms with Crippen LogP contribution in [-0.4, -0.2) is 35.7 Å². The van der Waals surface area contributed by atoms with Gasteiger partial charge < -0.3 is 10.2 Å². The average Bonchev–Trinajstić information content (AvgIpc) is 2.91. The van der Waals surface area contributed by atoms with E-state index in [0.29, 0.717) is 11.8 Å². The monoisotopic (exact) mass is 300 g/mol. The second-order valence-electron chi connectivity index (χ2n) is 5.03. The summed E-state index contributed by atoms with van der Waals surface area (Å²) in [6.45, 7) is 0. The van der Waals surface area contributed by atoms with Gasteiger partial charge >= 0.3 is 0 Å². The average molecular weight is 300 g/mol. The van der Waals surface area contributed by atoms with Crippen LogP contribution in [0.2, 0.25) is 0 Å². The van der Waals surface area contributed by atoms with Gasteiger partial charge in [-0.3, -0.25) is 4.79 Å². The Morgan fingerprint density at radius 3 is 2.95 bits per heavy atom. The lowest BCUT2D eigenvalue weighted by Gasteiger charge is -2.13. The minimum atomic E-state index is -0.121. The molecule has 1 amide bonds. The van der Waals surface area contributed by atoms with E-state index in [9.17, 15) is 4.79 Å². The third-order valence-corrected chi connectivity index (χ3v) is 4.49. The van der Waals surface area contributed by atoms with E-state index in [4.69, 9.17) is 0 Å². The molecule has 1 N–H and O–H groups in total. The van der Waals surface area contributed by atoms with E-state index >= 15 is 0 Å². The molecule has 2 heterocycles. The maximum Gasteiger partial charge on any atom is 0.233 e. The normalized spacial score (nSPS) is 16.4. The van der Waals surface area contributed by atoms with E-state index in [1.807, 2.05) is 32.3 Å². The van der Waals surface area contributed by atoms with Crippen molar-refractivity contribution in [2.24, 2.45) is 0 Å². The van der Waals surface area contributed by atoms with Crippen molar-refractivity contribution in [2.45, 2.75) is 10.8 Å². The summed E-state index contributed by atoms with van der Waals surface area (Å²) < 4.78 is 0. The Morgan fingerprint density at radius 2 is 2.14 bits per heavy atom. The first-order chi connectivity index (χ1) is 10.1. The number of amides is 1. The van der Waals surface area contributed by atoms with E-state index in [0.717, 1.165) is 11.3 Å². The van der Waals surface area contributed by atoms with Crippen molar-refractivity contribution < 1.29 is 4.79 Å². The Hall–Kier alpha value is -2.08. The van der Waals surface area contributed by atoms with Gasteiger partial charge in [-0.1, -0.05) is 18.2 Å². The molecule has 0 fully saturated rings. The lowest BCUT2D eigenvalue weighted by atomic mass is 10.0. The number of nitrogens with zero attached hydrogens (tertiary/aromatic N) is 3. The first kappa shape index (κ1) is 13.9. The number of carbonyl (C=O) groups excluding carboxylic acids is 1. The zero-order chi connectivity index (χ0) is 14.8. The van der Waals surface area contributed by atoms with E-state index in [2.05, 4.69) is 21.4 Å². The van der Waals surface area contributed by atoms with Crippen LogP contribution in [0.1, 0.15) is 11.5 Å². The van der Waals surface area contributed by atoms with E-state index in [1.54, 1.807) is 28.9 Å². The minimum Gasteiger partial charge on any atom is -0.347 e. The molecule has 5 nitrogen and oxygen atoms in total. The molecule has 1 atom stereocenters. The number of rotatable bonds is 3. The third kappa shape index (κ3) is 2.85. The van der Waals surface area contributed by atoms with Gasteiger partial charge in [-0.2, -0.15) is 4.98 Å². The van der Waals surface area contributed by atoms with Crippen LogP contribution in [0.25, 0.3) is 0 Å².